The van der Waals surface area contributed by atoms with E-state index in [1.165, 1.54) is 0 Å². The molecule has 1 aliphatic rings. The van der Waals surface area contributed by atoms with Crippen molar-refractivity contribution in [2.24, 2.45) is 5.73 Å². The zero-order chi connectivity index (χ0) is 13.8. The van der Waals surface area contributed by atoms with E-state index in [0.29, 0.717) is 13.0 Å². The van der Waals surface area contributed by atoms with Crippen LogP contribution < -0.4 is 5.73 Å². The zero-order valence-corrected chi connectivity index (χ0v) is 11.6. The molecule has 18 heavy (non-hydrogen) atoms. The van der Waals surface area contributed by atoms with Crippen molar-refractivity contribution in [3.63, 3.8) is 0 Å². The molecular formula is C14H24N2O2. The second kappa shape index (κ2) is 6.10. The van der Waals surface area contributed by atoms with Crippen LogP contribution in [-0.4, -0.2) is 35.2 Å². The monoisotopic (exact) mass is 252 g/mol. The van der Waals surface area contributed by atoms with E-state index in [1.807, 2.05) is 20.8 Å². The van der Waals surface area contributed by atoms with Gasteiger partial charge in [-0.25, -0.2) is 4.79 Å². The Morgan fingerprint density at radius 2 is 2.11 bits per heavy atom. The molecule has 2 N–H and O–H groups in total. The second-order valence-corrected chi connectivity index (χ2v) is 5.87. The van der Waals surface area contributed by atoms with Gasteiger partial charge in [-0.15, -0.1) is 12.3 Å². The lowest BCUT2D eigenvalue weighted by Gasteiger charge is -2.41. The predicted molar refractivity (Wildman–Crippen MR) is 72.0 cm³/mol. The van der Waals surface area contributed by atoms with Gasteiger partial charge in [-0.1, -0.05) is 0 Å². The summed E-state index contributed by atoms with van der Waals surface area (Å²) >= 11 is 0. The van der Waals surface area contributed by atoms with E-state index in [2.05, 4.69) is 5.92 Å². The summed E-state index contributed by atoms with van der Waals surface area (Å²) < 4.78 is 5.42. The lowest BCUT2D eigenvalue weighted by Crippen LogP contribution is -2.54. The number of hydrogen-bond acceptors (Lipinski definition) is 3. The highest BCUT2D eigenvalue weighted by molar-refractivity contribution is 5.68. The molecule has 1 fully saturated rings. The molecule has 0 aromatic rings. The molecule has 0 aliphatic heterocycles. The fourth-order valence-electron chi connectivity index (χ4n) is 1.98. The summed E-state index contributed by atoms with van der Waals surface area (Å²) in [5.41, 5.74) is 5.31. The van der Waals surface area contributed by atoms with Crippen LogP contribution in [0.1, 0.15) is 46.5 Å². The molecule has 0 saturated heterocycles. The van der Waals surface area contributed by atoms with Crippen molar-refractivity contribution in [2.45, 2.75) is 64.1 Å². The van der Waals surface area contributed by atoms with Crippen LogP contribution in [0.3, 0.4) is 0 Å². The van der Waals surface area contributed by atoms with Gasteiger partial charge in [0.2, 0.25) is 0 Å². The van der Waals surface area contributed by atoms with Crippen molar-refractivity contribution in [3.8, 4) is 12.3 Å². The van der Waals surface area contributed by atoms with Gasteiger partial charge in [-0.05, 0) is 40.0 Å². The molecule has 4 nitrogen and oxygen atoms in total. The summed E-state index contributed by atoms with van der Waals surface area (Å²) in [5, 5.41) is 0. The summed E-state index contributed by atoms with van der Waals surface area (Å²) in [6.07, 6.45) is 8.18. The summed E-state index contributed by atoms with van der Waals surface area (Å²) in [5.74, 6) is 2.59. The van der Waals surface area contributed by atoms with E-state index in [-0.39, 0.29) is 18.2 Å². The first kappa shape index (κ1) is 14.8. The first-order chi connectivity index (χ1) is 8.33. The van der Waals surface area contributed by atoms with Crippen LogP contribution in [0.15, 0.2) is 0 Å². The van der Waals surface area contributed by atoms with E-state index in [1.54, 1.807) is 4.90 Å². The average Bonchev–Trinajstić information content (AvgIpc) is 2.18. The summed E-state index contributed by atoms with van der Waals surface area (Å²) in [6, 6.07) is 0.431. The van der Waals surface area contributed by atoms with Crippen LogP contribution in [0.5, 0.6) is 0 Å². The van der Waals surface area contributed by atoms with Gasteiger partial charge in [0, 0.05) is 25.0 Å². The van der Waals surface area contributed by atoms with Gasteiger partial charge >= 0.3 is 6.09 Å². The van der Waals surface area contributed by atoms with Gasteiger partial charge in [-0.3, -0.25) is 0 Å². The van der Waals surface area contributed by atoms with Crippen LogP contribution in [0, 0.1) is 12.3 Å². The van der Waals surface area contributed by atoms with Crippen LogP contribution in [0.4, 0.5) is 4.79 Å². The minimum Gasteiger partial charge on any atom is -0.444 e. The first-order valence-corrected chi connectivity index (χ1v) is 6.52. The highest BCUT2D eigenvalue weighted by Gasteiger charge is 2.35. The van der Waals surface area contributed by atoms with Crippen molar-refractivity contribution in [1.82, 2.24) is 4.90 Å². The Hall–Kier alpha value is -1.21. The standard InChI is InChI=1S/C14H24N2O2/c1-5-6-7-8-16(12-9-11(15)10-12)13(17)18-14(2,3)4/h1,11-12H,6-10,15H2,2-4H3. The smallest absolute Gasteiger partial charge is 0.410 e. The molecule has 1 aliphatic carbocycles. The summed E-state index contributed by atoms with van der Waals surface area (Å²) in [7, 11) is 0. The predicted octanol–water partition coefficient (Wildman–Crippen LogP) is 2.13. The van der Waals surface area contributed by atoms with Crippen LogP contribution in [0.2, 0.25) is 0 Å². The van der Waals surface area contributed by atoms with Crippen molar-refractivity contribution < 1.29 is 9.53 Å². The Balaban J connectivity index is 2.54. The highest BCUT2D eigenvalue weighted by atomic mass is 16.6. The normalized spacial score (nSPS) is 22.8. The third kappa shape index (κ3) is 4.58. The number of terminal acetylenes is 1. The molecule has 0 bridgehead atoms. The van der Waals surface area contributed by atoms with Crippen molar-refractivity contribution in [3.05, 3.63) is 0 Å². The van der Waals surface area contributed by atoms with Crippen LogP contribution in [-0.2, 0) is 4.74 Å². The number of ether oxygens (including phenoxy) is 1. The second-order valence-electron chi connectivity index (χ2n) is 5.87. The molecule has 0 heterocycles. The third-order valence-electron chi connectivity index (χ3n) is 2.94. The van der Waals surface area contributed by atoms with Crippen LogP contribution >= 0.6 is 0 Å². The van der Waals surface area contributed by atoms with E-state index in [4.69, 9.17) is 16.9 Å². The van der Waals surface area contributed by atoms with Gasteiger partial charge < -0.3 is 15.4 Å². The maximum atomic E-state index is 12.1. The molecule has 4 heteroatoms. The topological polar surface area (TPSA) is 55.6 Å². The molecule has 0 radical (unpaired) electrons. The average molecular weight is 252 g/mol. The number of carbonyl (C=O) groups excluding carboxylic acids is 1. The maximum Gasteiger partial charge on any atom is 0.410 e. The molecular weight excluding hydrogens is 228 g/mol. The number of carbonyl (C=O) groups is 1. The van der Waals surface area contributed by atoms with Crippen LogP contribution in [0.25, 0.3) is 0 Å². The van der Waals surface area contributed by atoms with Crippen molar-refractivity contribution in [2.75, 3.05) is 6.54 Å². The molecule has 0 atom stereocenters. The van der Waals surface area contributed by atoms with Crippen molar-refractivity contribution >= 4 is 6.09 Å². The fraction of sp³-hybridized carbons (Fsp3) is 0.786. The van der Waals surface area contributed by atoms with E-state index in [9.17, 15) is 4.79 Å². The number of nitrogens with zero attached hydrogens (tertiary/aromatic N) is 1. The lowest BCUT2D eigenvalue weighted by atomic mass is 9.86. The van der Waals surface area contributed by atoms with E-state index in [0.717, 1.165) is 19.3 Å². The Kier molecular flexibility index (Phi) is 5.03. The number of nitrogens with two attached hydrogens (primary N) is 1. The largest absolute Gasteiger partial charge is 0.444 e. The molecule has 1 rings (SSSR count). The van der Waals surface area contributed by atoms with Gasteiger partial charge in [-0.2, -0.15) is 0 Å². The van der Waals surface area contributed by atoms with Gasteiger partial charge in [0.25, 0.3) is 0 Å². The number of amides is 1. The van der Waals surface area contributed by atoms with Gasteiger partial charge in [0.05, 0.1) is 0 Å². The molecule has 0 aromatic heterocycles. The molecule has 0 unspecified atom stereocenters. The minimum atomic E-state index is -0.465. The third-order valence-corrected chi connectivity index (χ3v) is 2.94. The van der Waals surface area contributed by atoms with Gasteiger partial charge in [0.15, 0.2) is 0 Å². The molecule has 1 amide bonds. The number of hydrogen-bond donors (Lipinski definition) is 1. The minimum absolute atomic E-state index is 0.215. The summed E-state index contributed by atoms with van der Waals surface area (Å²) in [4.78, 5) is 13.9. The quantitative estimate of drug-likeness (QED) is 0.616. The van der Waals surface area contributed by atoms with Crippen molar-refractivity contribution in [1.29, 1.82) is 0 Å². The SMILES string of the molecule is C#CCCCN(C(=O)OC(C)(C)C)C1CC(N)C1. The molecule has 0 aromatic carbocycles. The first-order valence-electron chi connectivity index (χ1n) is 6.52. The van der Waals surface area contributed by atoms with Gasteiger partial charge in [0.1, 0.15) is 5.60 Å². The lowest BCUT2D eigenvalue weighted by molar-refractivity contribution is 0.00450. The summed E-state index contributed by atoms with van der Waals surface area (Å²) in [6.45, 7) is 6.27. The zero-order valence-electron chi connectivity index (χ0n) is 11.6. The Labute approximate surface area is 110 Å². The fourth-order valence-corrected chi connectivity index (χ4v) is 1.98. The van der Waals surface area contributed by atoms with E-state index < -0.39 is 5.60 Å². The molecule has 0 spiro atoms. The Morgan fingerprint density at radius 1 is 1.50 bits per heavy atom. The number of rotatable bonds is 4. The highest BCUT2D eigenvalue weighted by Crippen LogP contribution is 2.26. The Morgan fingerprint density at radius 3 is 2.56 bits per heavy atom. The maximum absolute atomic E-state index is 12.1. The molecule has 102 valence electrons. The van der Waals surface area contributed by atoms with E-state index >= 15 is 0 Å². The number of unbranched alkanes of at least 4 members (excludes halogenated alkanes) is 1. The molecule has 1 saturated carbocycles. The Bertz CT molecular complexity index is 322.